The van der Waals surface area contributed by atoms with Crippen LogP contribution in [-0.4, -0.2) is 19.4 Å². The molecule has 0 N–H and O–H groups in total. The van der Waals surface area contributed by atoms with Crippen LogP contribution in [0.3, 0.4) is 0 Å². The number of esters is 1. The summed E-state index contributed by atoms with van der Waals surface area (Å²) < 4.78 is 44.4. The number of ether oxygens (including phenoxy) is 2. The Morgan fingerprint density at radius 1 is 1.44 bits per heavy atom. The molecule has 18 heavy (non-hydrogen) atoms. The van der Waals surface area contributed by atoms with Gasteiger partial charge in [0.15, 0.2) is 0 Å². The second-order valence-corrected chi connectivity index (χ2v) is 3.50. The number of rotatable bonds is 2. The van der Waals surface area contributed by atoms with Crippen LogP contribution < -0.4 is 4.74 Å². The lowest BCUT2D eigenvalue weighted by Gasteiger charge is -2.13. The molecule has 0 radical (unpaired) electrons. The molecule has 8 heteroatoms. The summed E-state index contributed by atoms with van der Waals surface area (Å²) in [6, 6.07) is 3.39. The number of alkyl halides is 3. The minimum absolute atomic E-state index is 0.0485. The van der Waals surface area contributed by atoms with Crippen molar-refractivity contribution < 1.29 is 27.4 Å². The topological polar surface area (TPSA) is 59.3 Å². The summed E-state index contributed by atoms with van der Waals surface area (Å²) in [6.07, 6.45) is -4.98. The highest BCUT2D eigenvalue weighted by atomic mass is 32.1. The van der Waals surface area contributed by atoms with E-state index in [2.05, 4.69) is 22.1 Å². The number of halogens is 3. The summed E-state index contributed by atoms with van der Waals surface area (Å²) in [5.41, 5.74) is -0.607. The van der Waals surface area contributed by atoms with Crippen LogP contribution in [0.5, 0.6) is 5.75 Å². The summed E-state index contributed by atoms with van der Waals surface area (Å²) >= 11 is 3.87. The van der Waals surface area contributed by atoms with Crippen LogP contribution in [0.15, 0.2) is 17.0 Å². The highest BCUT2D eigenvalue weighted by Crippen LogP contribution is 2.30. The molecule has 0 heterocycles. The fourth-order valence-corrected chi connectivity index (χ4v) is 1.38. The molecule has 1 aromatic rings. The van der Waals surface area contributed by atoms with E-state index in [0.717, 1.165) is 19.2 Å². The van der Waals surface area contributed by atoms with E-state index in [0.29, 0.717) is 0 Å². The van der Waals surface area contributed by atoms with Crippen molar-refractivity contribution in [3.8, 4) is 11.8 Å². The van der Waals surface area contributed by atoms with E-state index in [1.807, 2.05) is 0 Å². The zero-order valence-corrected chi connectivity index (χ0v) is 9.80. The first kappa shape index (κ1) is 14.2. The lowest BCUT2D eigenvalue weighted by atomic mass is 10.1. The monoisotopic (exact) mass is 277 g/mol. The molecule has 0 saturated carbocycles. The van der Waals surface area contributed by atoms with Crippen molar-refractivity contribution in [1.82, 2.24) is 0 Å². The van der Waals surface area contributed by atoms with Crippen molar-refractivity contribution in [2.24, 2.45) is 0 Å². The average Bonchev–Trinajstić information content (AvgIpc) is 2.28. The fraction of sp³-hybridized carbons (Fsp3) is 0.200. The summed E-state index contributed by atoms with van der Waals surface area (Å²) in [7, 11) is 1.01. The smallest absolute Gasteiger partial charge is 0.465 e. The standard InChI is InChI=1S/C10H6F3NO3S/c1-16-9(15)6-3-8(18)5(4-14)2-7(6)17-10(11,12)13/h2-3,18H,1H3. The largest absolute Gasteiger partial charge is 0.573 e. The van der Waals surface area contributed by atoms with Gasteiger partial charge in [0.2, 0.25) is 0 Å². The molecule has 96 valence electrons. The number of benzene rings is 1. The van der Waals surface area contributed by atoms with E-state index < -0.39 is 23.6 Å². The Bertz CT molecular complexity index is 522. The van der Waals surface area contributed by atoms with Crippen molar-refractivity contribution in [1.29, 1.82) is 5.26 Å². The van der Waals surface area contributed by atoms with Gasteiger partial charge in [0.05, 0.1) is 12.7 Å². The molecule has 1 rings (SSSR count). The van der Waals surface area contributed by atoms with Crippen LogP contribution >= 0.6 is 12.6 Å². The molecule has 0 fully saturated rings. The fourth-order valence-electron chi connectivity index (χ4n) is 1.14. The molecule has 0 unspecified atom stereocenters. The summed E-state index contributed by atoms with van der Waals surface area (Å²) in [5.74, 6) is -1.82. The number of thiol groups is 1. The summed E-state index contributed by atoms with van der Waals surface area (Å²) in [5, 5.41) is 8.68. The molecule has 0 aliphatic carbocycles. The molecule has 4 nitrogen and oxygen atoms in total. The third-order valence-electron chi connectivity index (χ3n) is 1.85. The number of carbonyl (C=O) groups excluding carboxylic acids is 1. The molecular formula is C10H6F3NO3S. The van der Waals surface area contributed by atoms with Gasteiger partial charge in [0.1, 0.15) is 17.4 Å². The highest BCUT2D eigenvalue weighted by molar-refractivity contribution is 7.80. The minimum Gasteiger partial charge on any atom is -0.465 e. The van der Waals surface area contributed by atoms with E-state index in [4.69, 9.17) is 5.26 Å². The number of carbonyl (C=O) groups is 1. The maximum absolute atomic E-state index is 12.1. The third kappa shape index (κ3) is 3.30. The van der Waals surface area contributed by atoms with Crippen LogP contribution in [0.1, 0.15) is 15.9 Å². The first-order valence-electron chi connectivity index (χ1n) is 4.39. The molecule has 1 aromatic carbocycles. The Labute approximate surface area is 105 Å². The molecular weight excluding hydrogens is 271 g/mol. The Morgan fingerprint density at radius 2 is 2.06 bits per heavy atom. The maximum Gasteiger partial charge on any atom is 0.573 e. The predicted molar refractivity (Wildman–Crippen MR) is 56.4 cm³/mol. The van der Waals surface area contributed by atoms with Gasteiger partial charge in [-0.05, 0) is 6.07 Å². The van der Waals surface area contributed by atoms with Crippen molar-refractivity contribution in [3.05, 3.63) is 23.3 Å². The predicted octanol–water partition coefficient (Wildman–Crippen LogP) is 2.53. The first-order valence-corrected chi connectivity index (χ1v) is 4.84. The normalized spacial score (nSPS) is 10.7. The van der Waals surface area contributed by atoms with Crippen molar-refractivity contribution in [2.75, 3.05) is 7.11 Å². The van der Waals surface area contributed by atoms with Gasteiger partial charge < -0.3 is 9.47 Å². The Morgan fingerprint density at radius 3 is 2.50 bits per heavy atom. The van der Waals surface area contributed by atoms with Gasteiger partial charge in [-0.2, -0.15) is 5.26 Å². The van der Waals surface area contributed by atoms with E-state index in [-0.39, 0.29) is 10.5 Å². The van der Waals surface area contributed by atoms with Crippen molar-refractivity contribution in [2.45, 2.75) is 11.3 Å². The van der Waals surface area contributed by atoms with E-state index >= 15 is 0 Å². The highest BCUT2D eigenvalue weighted by Gasteiger charge is 2.33. The van der Waals surface area contributed by atoms with Crippen molar-refractivity contribution >= 4 is 18.6 Å². The quantitative estimate of drug-likeness (QED) is 0.666. The number of nitrogens with zero attached hydrogens (tertiary/aromatic N) is 1. The maximum atomic E-state index is 12.1. The Kier molecular flexibility index (Phi) is 4.08. The lowest BCUT2D eigenvalue weighted by molar-refractivity contribution is -0.274. The average molecular weight is 277 g/mol. The van der Waals surface area contributed by atoms with Gasteiger partial charge in [-0.25, -0.2) is 4.79 Å². The Hall–Kier alpha value is -1.88. The van der Waals surface area contributed by atoms with Gasteiger partial charge in [0.25, 0.3) is 0 Å². The molecule has 0 saturated heterocycles. The van der Waals surface area contributed by atoms with Gasteiger partial charge >= 0.3 is 12.3 Å². The molecule has 0 atom stereocenters. The van der Waals surface area contributed by atoms with Gasteiger partial charge in [0, 0.05) is 11.0 Å². The number of nitriles is 1. The van der Waals surface area contributed by atoms with Gasteiger partial charge in [-0.3, -0.25) is 0 Å². The second kappa shape index (κ2) is 5.18. The number of hydrogen-bond donors (Lipinski definition) is 1. The number of methoxy groups -OCH3 is 1. The Balaban J connectivity index is 3.36. The molecule has 0 bridgehead atoms. The van der Waals surface area contributed by atoms with E-state index in [1.165, 1.54) is 0 Å². The molecule has 0 spiro atoms. The van der Waals surface area contributed by atoms with Crippen LogP contribution in [0.2, 0.25) is 0 Å². The SMILES string of the molecule is COC(=O)c1cc(S)c(C#N)cc1OC(F)(F)F. The van der Waals surface area contributed by atoms with Crippen LogP contribution in [-0.2, 0) is 4.74 Å². The third-order valence-corrected chi connectivity index (χ3v) is 2.22. The lowest BCUT2D eigenvalue weighted by Crippen LogP contribution is -2.19. The summed E-state index contributed by atoms with van der Waals surface area (Å²) in [6.45, 7) is 0. The zero-order valence-electron chi connectivity index (χ0n) is 8.91. The minimum atomic E-state index is -4.98. The first-order chi connectivity index (χ1) is 8.28. The molecule has 0 aromatic heterocycles. The summed E-state index contributed by atoms with van der Waals surface area (Å²) in [4.78, 5) is 11.3. The van der Waals surface area contributed by atoms with E-state index in [9.17, 15) is 18.0 Å². The molecule has 0 amide bonds. The van der Waals surface area contributed by atoms with Gasteiger partial charge in [-0.15, -0.1) is 25.8 Å². The zero-order chi connectivity index (χ0) is 13.9. The van der Waals surface area contributed by atoms with Crippen molar-refractivity contribution in [3.63, 3.8) is 0 Å². The van der Waals surface area contributed by atoms with Crippen LogP contribution in [0.4, 0.5) is 13.2 Å². The van der Waals surface area contributed by atoms with Crippen LogP contribution in [0.25, 0.3) is 0 Å². The molecule has 0 aliphatic rings. The van der Waals surface area contributed by atoms with Gasteiger partial charge in [-0.1, -0.05) is 0 Å². The van der Waals surface area contributed by atoms with Crippen LogP contribution in [0, 0.1) is 11.3 Å². The van der Waals surface area contributed by atoms with E-state index in [1.54, 1.807) is 6.07 Å². The second-order valence-electron chi connectivity index (χ2n) is 3.02. The number of hydrogen-bond acceptors (Lipinski definition) is 5. The molecule has 0 aliphatic heterocycles.